The fourth-order valence-corrected chi connectivity index (χ4v) is 2.23. The maximum atomic E-state index is 12.9. The third-order valence-corrected chi connectivity index (χ3v) is 3.44. The molecule has 0 unspecified atom stereocenters. The Balaban J connectivity index is 2.40. The number of nitrogens with one attached hydrogen (secondary N) is 1. The van der Waals surface area contributed by atoms with Crippen LogP contribution in [0.4, 0.5) is 27.6 Å². The maximum Gasteiger partial charge on any atom is 0.463 e. The van der Waals surface area contributed by atoms with Crippen molar-refractivity contribution < 1.29 is 26.7 Å². The standard InChI is InChI=1S/C10H4ClF5N2OS/c11-4-1-2-5-7(17-3-20-5)6(4)18-8(19)9(12,13)10(14,15)16/h1-3H,(H,18,19). The quantitative estimate of drug-likeness (QED) is 0.843. The highest BCUT2D eigenvalue weighted by Crippen LogP contribution is 2.38. The molecule has 1 heterocycles. The number of hydrogen-bond acceptors (Lipinski definition) is 3. The first-order chi connectivity index (χ1) is 9.14. The van der Waals surface area contributed by atoms with Gasteiger partial charge in [0.15, 0.2) is 0 Å². The van der Waals surface area contributed by atoms with Crippen molar-refractivity contribution in [1.82, 2.24) is 4.98 Å². The second-order valence-corrected chi connectivity index (χ2v) is 4.94. The summed E-state index contributed by atoms with van der Waals surface area (Å²) < 4.78 is 62.5. The summed E-state index contributed by atoms with van der Waals surface area (Å²) in [5.74, 6) is -8.03. The molecule has 1 aromatic heterocycles. The minimum absolute atomic E-state index is 0.0498. The number of halogens is 6. The van der Waals surface area contributed by atoms with E-state index in [4.69, 9.17) is 11.6 Å². The lowest BCUT2D eigenvalue weighted by molar-refractivity contribution is -0.267. The van der Waals surface area contributed by atoms with Crippen LogP contribution >= 0.6 is 22.9 Å². The maximum absolute atomic E-state index is 12.9. The van der Waals surface area contributed by atoms with Gasteiger partial charge < -0.3 is 5.32 Å². The van der Waals surface area contributed by atoms with Crippen molar-refractivity contribution in [3.63, 3.8) is 0 Å². The Kier molecular flexibility index (Phi) is 3.59. The van der Waals surface area contributed by atoms with Crippen molar-refractivity contribution in [3.05, 3.63) is 22.7 Å². The molecule has 0 saturated carbocycles. The topological polar surface area (TPSA) is 42.0 Å². The smallest absolute Gasteiger partial charge is 0.317 e. The van der Waals surface area contributed by atoms with E-state index in [1.807, 2.05) is 0 Å². The summed E-state index contributed by atoms with van der Waals surface area (Å²) in [6.07, 6.45) is -5.99. The molecule has 20 heavy (non-hydrogen) atoms. The molecule has 1 N–H and O–H groups in total. The third-order valence-electron chi connectivity index (χ3n) is 2.33. The van der Waals surface area contributed by atoms with Crippen molar-refractivity contribution in [2.75, 3.05) is 5.32 Å². The van der Waals surface area contributed by atoms with Crippen molar-refractivity contribution in [3.8, 4) is 0 Å². The number of nitrogens with zero attached hydrogens (tertiary/aromatic N) is 1. The fraction of sp³-hybridized carbons (Fsp3) is 0.200. The number of anilines is 1. The Labute approximate surface area is 117 Å². The zero-order valence-corrected chi connectivity index (χ0v) is 10.8. The molecule has 10 heteroatoms. The van der Waals surface area contributed by atoms with Gasteiger partial charge in [0, 0.05) is 0 Å². The van der Waals surface area contributed by atoms with Crippen LogP contribution in [0.3, 0.4) is 0 Å². The molecule has 0 spiro atoms. The SMILES string of the molecule is O=C(Nc1c(Cl)ccc2scnc12)C(F)(F)C(F)(F)F. The normalized spacial score (nSPS) is 12.7. The monoisotopic (exact) mass is 330 g/mol. The van der Waals surface area contributed by atoms with Gasteiger partial charge in [0.1, 0.15) is 5.52 Å². The van der Waals surface area contributed by atoms with E-state index in [1.54, 1.807) is 0 Å². The summed E-state index contributed by atoms with van der Waals surface area (Å²) in [7, 11) is 0. The number of rotatable bonds is 2. The first kappa shape index (κ1) is 14.9. The number of thiazole rings is 1. The van der Waals surface area contributed by atoms with Gasteiger partial charge in [-0.1, -0.05) is 11.6 Å². The summed E-state index contributed by atoms with van der Waals surface area (Å²) >= 11 is 6.81. The predicted octanol–water partition coefficient (Wildman–Crippen LogP) is 4.09. The third kappa shape index (κ3) is 2.42. The Morgan fingerprint density at radius 3 is 2.50 bits per heavy atom. The molecule has 0 radical (unpaired) electrons. The first-order valence-corrected chi connectivity index (χ1v) is 6.18. The van der Waals surface area contributed by atoms with Gasteiger partial charge in [-0.3, -0.25) is 4.79 Å². The molecular formula is C10H4ClF5N2OS. The fourth-order valence-electron chi connectivity index (χ4n) is 1.35. The van der Waals surface area contributed by atoms with Crippen LogP contribution in [-0.2, 0) is 4.79 Å². The zero-order chi connectivity index (χ0) is 15.1. The lowest BCUT2D eigenvalue weighted by atomic mass is 10.2. The highest BCUT2D eigenvalue weighted by atomic mass is 35.5. The van der Waals surface area contributed by atoms with Crippen LogP contribution in [0.2, 0.25) is 5.02 Å². The number of benzene rings is 1. The van der Waals surface area contributed by atoms with Crippen LogP contribution < -0.4 is 5.32 Å². The summed E-state index contributed by atoms with van der Waals surface area (Å²) in [6, 6.07) is 2.77. The molecule has 2 aromatic rings. The van der Waals surface area contributed by atoms with Gasteiger partial charge in [-0.2, -0.15) is 22.0 Å². The molecule has 0 aliphatic rings. The van der Waals surface area contributed by atoms with Crippen molar-refractivity contribution in [1.29, 1.82) is 0 Å². The number of fused-ring (bicyclic) bond motifs is 1. The molecule has 0 bridgehead atoms. The van der Waals surface area contributed by atoms with E-state index >= 15 is 0 Å². The average molecular weight is 331 g/mol. The number of hydrogen-bond donors (Lipinski definition) is 1. The van der Waals surface area contributed by atoms with Crippen LogP contribution in [-0.4, -0.2) is 23.0 Å². The molecule has 3 nitrogen and oxygen atoms in total. The van der Waals surface area contributed by atoms with Gasteiger partial charge in [0.05, 0.1) is 20.9 Å². The van der Waals surface area contributed by atoms with Crippen LogP contribution in [0.1, 0.15) is 0 Å². The van der Waals surface area contributed by atoms with Crippen LogP contribution in [0.15, 0.2) is 17.6 Å². The van der Waals surface area contributed by atoms with E-state index in [-0.39, 0.29) is 16.2 Å². The Bertz CT molecular complexity index is 669. The van der Waals surface area contributed by atoms with E-state index in [0.29, 0.717) is 4.70 Å². The minimum Gasteiger partial charge on any atom is -0.317 e. The second kappa shape index (κ2) is 4.81. The van der Waals surface area contributed by atoms with Gasteiger partial charge in [-0.25, -0.2) is 4.98 Å². The molecule has 1 aromatic carbocycles. The average Bonchev–Trinajstić information content (AvgIpc) is 2.79. The first-order valence-electron chi connectivity index (χ1n) is 4.92. The molecule has 1 amide bonds. The van der Waals surface area contributed by atoms with E-state index < -0.39 is 18.0 Å². The molecule has 0 saturated heterocycles. The van der Waals surface area contributed by atoms with Gasteiger partial charge in [0.2, 0.25) is 0 Å². The number of aromatic nitrogens is 1. The number of alkyl halides is 5. The van der Waals surface area contributed by atoms with Crippen molar-refractivity contribution in [2.24, 2.45) is 0 Å². The van der Waals surface area contributed by atoms with E-state index in [1.165, 1.54) is 23.0 Å². The van der Waals surface area contributed by atoms with E-state index in [2.05, 4.69) is 4.98 Å². The van der Waals surface area contributed by atoms with Crippen LogP contribution in [0, 0.1) is 0 Å². The highest BCUT2D eigenvalue weighted by Gasteiger charge is 2.63. The lowest BCUT2D eigenvalue weighted by Crippen LogP contribution is -2.47. The molecule has 0 aliphatic carbocycles. The highest BCUT2D eigenvalue weighted by molar-refractivity contribution is 7.16. The number of carbonyl (C=O) groups is 1. The Hall–Kier alpha value is -1.48. The Morgan fingerprint density at radius 1 is 1.25 bits per heavy atom. The lowest BCUT2D eigenvalue weighted by Gasteiger charge is -2.19. The van der Waals surface area contributed by atoms with Gasteiger partial charge in [0.25, 0.3) is 0 Å². The molecule has 108 valence electrons. The van der Waals surface area contributed by atoms with Crippen molar-refractivity contribution in [2.45, 2.75) is 12.1 Å². The van der Waals surface area contributed by atoms with Crippen LogP contribution in [0.25, 0.3) is 10.2 Å². The summed E-state index contributed by atoms with van der Waals surface area (Å²) in [6.45, 7) is 0. The molecule has 0 atom stereocenters. The largest absolute Gasteiger partial charge is 0.463 e. The number of amides is 1. The molecule has 0 fully saturated rings. The molecule has 0 aliphatic heterocycles. The van der Waals surface area contributed by atoms with E-state index in [9.17, 15) is 26.7 Å². The summed E-state index contributed by atoms with van der Waals surface area (Å²) in [4.78, 5) is 14.9. The Morgan fingerprint density at radius 2 is 1.90 bits per heavy atom. The number of carbonyl (C=O) groups excluding carboxylic acids is 1. The summed E-state index contributed by atoms with van der Waals surface area (Å²) in [5, 5.41) is 1.30. The molecule has 2 rings (SSSR count). The van der Waals surface area contributed by atoms with Crippen molar-refractivity contribution >= 4 is 44.7 Å². The van der Waals surface area contributed by atoms with Gasteiger partial charge in [-0.15, -0.1) is 11.3 Å². The zero-order valence-electron chi connectivity index (χ0n) is 9.26. The summed E-state index contributed by atoms with van der Waals surface area (Å²) in [5.41, 5.74) is 1.02. The predicted molar refractivity (Wildman–Crippen MR) is 64.3 cm³/mol. The minimum atomic E-state index is -5.99. The second-order valence-electron chi connectivity index (χ2n) is 3.65. The van der Waals surface area contributed by atoms with Gasteiger partial charge >= 0.3 is 18.0 Å². The van der Waals surface area contributed by atoms with E-state index in [0.717, 1.165) is 11.3 Å². The van der Waals surface area contributed by atoms with Gasteiger partial charge in [-0.05, 0) is 12.1 Å². The van der Waals surface area contributed by atoms with Crippen LogP contribution in [0.5, 0.6) is 0 Å². The molecular weight excluding hydrogens is 327 g/mol.